The number of carbonyl (C=O) groups is 2. The summed E-state index contributed by atoms with van der Waals surface area (Å²) in [7, 11) is 0. The molecule has 0 aliphatic heterocycles. The lowest BCUT2D eigenvalue weighted by Crippen LogP contribution is -2.44. The van der Waals surface area contributed by atoms with E-state index in [1.54, 1.807) is 12.1 Å². The highest BCUT2D eigenvalue weighted by atomic mass is 16.5. The van der Waals surface area contributed by atoms with Gasteiger partial charge < -0.3 is 20.1 Å². The van der Waals surface area contributed by atoms with E-state index < -0.39 is 0 Å². The molecule has 1 atom stereocenters. The summed E-state index contributed by atoms with van der Waals surface area (Å²) in [5.41, 5.74) is 2.13. The number of hydrogen-bond donors (Lipinski definition) is 2. The van der Waals surface area contributed by atoms with Crippen LogP contribution in [0.2, 0.25) is 0 Å². The van der Waals surface area contributed by atoms with Gasteiger partial charge in [0, 0.05) is 12.6 Å². The fraction of sp³-hybridized carbons (Fsp3) is 0.333. The van der Waals surface area contributed by atoms with Crippen LogP contribution in [0, 0.1) is 13.8 Å². The molecule has 0 heterocycles. The zero-order chi connectivity index (χ0) is 19.6. The molecule has 0 aliphatic rings. The van der Waals surface area contributed by atoms with Gasteiger partial charge in [0.25, 0.3) is 11.8 Å². The van der Waals surface area contributed by atoms with Crippen molar-refractivity contribution in [2.24, 2.45) is 0 Å². The zero-order valence-electron chi connectivity index (χ0n) is 16.0. The minimum absolute atomic E-state index is 0.0689. The van der Waals surface area contributed by atoms with E-state index in [1.807, 2.05) is 57.2 Å². The molecule has 2 rings (SSSR count). The molecule has 2 N–H and O–H groups in total. The number of ether oxygens (including phenoxy) is 2. The third-order valence-corrected chi connectivity index (χ3v) is 3.73. The Hall–Kier alpha value is -3.02. The lowest BCUT2D eigenvalue weighted by Gasteiger charge is -2.15. The van der Waals surface area contributed by atoms with E-state index in [1.165, 1.54) is 0 Å². The molecule has 0 saturated heterocycles. The topological polar surface area (TPSA) is 76.7 Å². The van der Waals surface area contributed by atoms with E-state index >= 15 is 0 Å². The van der Waals surface area contributed by atoms with Crippen LogP contribution in [0.25, 0.3) is 0 Å². The fourth-order valence-electron chi connectivity index (χ4n) is 2.39. The van der Waals surface area contributed by atoms with Crippen LogP contribution < -0.4 is 20.1 Å². The van der Waals surface area contributed by atoms with Crippen molar-refractivity contribution in [2.75, 3.05) is 19.8 Å². The maximum absolute atomic E-state index is 11.9. The highest BCUT2D eigenvalue weighted by molar-refractivity contribution is 5.79. The van der Waals surface area contributed by atoms with Gasteiger partial charge in [0.1, 0.15) is 11.5 Å². The summed E-state index contributed by atoms with van der Waals surface area (Å²) in [6.07, 6.45) is 0. The van der Waals surface area contributed by atoms with Crippen LogP contribution in [-0.2, 0) is 9.59 Å². The summed E-state index contributed by atoms with van der Waals surface area (Å²) in [6, 6.07) is 14.8. The third-order valence-electron chi connectivity index (χ3n) is 3.73. The van der Waals surface area contributed by atoms with Gasteiger partial charge >= 0.3 is 0 Å². The van der Waals surface area contributed by atoms with E-state index in [2.05, 4.69) is 10.6 Å². The van der Waals surface area contributed by atoms with Crippen LogP contribution in [0.1, 0.15) is 18.1 Å². The molecule has 144 valence electrons. The summed E-state index contributed by atoms with van der Waals surface area (Å²) in [6.45, 7) is 5.90. The number of rotatable bonds is 9. The molecule has 0 unspecified atom stereocenters. The van der Waals surface area contributed by atoms with E-state index in [4.69, 9.17) is 9.47 Å². The molecule has 0 aliphatic carbocycles. The number of hydrogen-bond acceptors (Lipinski definition) is 4. The van der Waals surface area contributed by atoms with Gasteiger partial charge in [-0.2, -0.15) is 0 Å². The minimum Gasteiger partial charge on any atom is -0.484 e. The average molecular weight is 370 g/mol. The number of benzene rings is 2. The maximum atomic E-state index is 11.9. The van der Waals surface area contributed by atoms with Crippen LogP contribution >= 0.6 is 0 Å². The Morgan fingerprint density at radius 3 is 1.93 bits per heavy atom. The molecule has 0 fully saturated rings. The minimum atomic E-state index is -0.242. The molecule has 0 bridgehead atoms. The zero-order valence-corrected chi connectivity index (χ0v) is 16.0. The molecule has 2 aromatic carbocycles. The van der Waals surface area contributed by atoms with Crippen LogP contribution in [0.5, 0.6) is 11.5 Å². The maximum Gasteiger partial charge on any atom is 0.258 e. The summed E-state index contributed by atoms with van der Waals surface area (Å²) in [4.78, 5) is 23.8. The smallest absolute Gasteiger partial charge is 0.258 e. The Morgan fingerprint density at radius 1 is 0.889 bits per heavy atom. The number of aryl methyl sites for hydroxylation is 2. The van der Waals surface area contributed by atoms with E-state index in [9.17, 15) is 9.59 Å². The molecular formula is C21H26N2O4. The Balaban J connectivity index is 1.63. The van der Waals surface area contributed by atoms with Crippen molar-refractivity contribution >= 4 is 11.8 Å². The van der Waals surface area contributed by atoms with Crippen molar-refractivity contribution in [1.29, 1.82) is 0 Å². The molecule has 0 aromatic heterocycles. The molecule has 0 radical (unpaired) electrons. The Labute approximate surface area is 159 Å². The first-order valence-electron chi connectivity index (χ1n) is 8.87. The lowest BCUT2D eigenvalue weighted by atomic mass is 10.2. The van der Waals surface area contributed by atoms with Crippen LogP contribution in [0.4, 0.5) is 0 Å². The molecule has 6 heteroatoms. The predicted octanol–water partition coefficient (Wildman–Crippen LogP) is 2.38. The van der Waals surface area contributed by atoms with Gasteiger partial charge in [-0.05, 0) is 56.2 Å². The first-order valence-corrected chi connectivity index (χ1v) is 8.87. The number of carbonyl (C=O) groups excluding carboxylic acids is 2. The summed E-state index contributed by atoms with van der Waals surface area (Å²) in [5, 5.41) is 5.52. The van der Waals surface area contributed by atoms with Crippen molar-refractivity contribution in [1.82, 2.24) is 10.6 Å². The second kappa shape index (κ2) is 10.2. The van der Waals surface area contributed by atoms with Gasteiger partial charge in [0.15, 0.2) is 13.2 Å². The molecule has 6 nitrogen and oxygen atoms in total. The van der Waals surface area contributed by atoms with Crippen molar-refractivity contribution in [2.45, 2.75) is 26.8 Å². The van der Waals surface area contributed by atoms with Crippen molar-refractivity contribution in [3.05, 3.63) is 59.7 Å². The second-order valence-corrected chi connectivity index (χ2v) is 6.48. The van der Waals surface area contributed by atoms with Gasteiger partial charge in [-0.1, -0.05) is 24.3 Å². The Bertz CT molecular complexity index is 776. The van der Waals surface area contributed by atoms with E-state index in [0.717, 1.165) is 11.1 Å². The molecule has 27 heavy (non-hydrogen) atoms. The molecule has 2 amide bonds. The Morgan fingerprint density at radius 2 is 1.41 bits per heavy atom. The number of nitrogens with one attached hydrogen (secondary N) is 2. The summed E-state index contributed by atoms with van der Waals surface area (Å²) >= 11 is 0. The molecule has 0 saturated carbocycles. The van der Waals surface area contributed by atoms with Crippen LogP contribution in [0.15, 0.2) is 48.5 Å². The first-order chi connectivity index (χ1) is 12.9. The standard InChI is InChI=1S/C21H26N2O4/c1-15-6-4-8-18(10-15)26-13-20(24)22-12-17(3)23-21(25)14-27-19-9-5-7-16(2)11-19/h4-11,17H,12-14H2,1-3H3,(H,22,24)(H,23,25)/t17-/m0/s1. The largest absolute Gasteiger partial charge is 0.484 e. The summed E-state index contributed by atoms with van der Waals surface area (Å²) < 4.78 is 10.9. The highest BCUT2D eigenvalue weighted by Gasteiger charge is 2.10. The van der Waals surface area contributed by atoms with E-state index in [-0.39, 0.29) is 31.1 Å². The number of amides is 2. The third kappa shape index (κ3) is 7.81. The van der Waals surface area contributed by atoms with Gasteiger partial charge in [-0.25, -0.2) is 0 Å². The van der Waals surface area contributed by atoms with Crippen LogP contribution in [-0.4, -0.2) is 37.6 Å². The van der Waals surface area contributed by atoms with Crippen LogP contribution in [0.3, 0.4) is 0 Å². The molecule has 0 spiro atoms. The molecular weight excluding hydrogens is 344 g/mol. The van der Waals surface area contributed by atoms with Gasteiger partial charge in [0.05, 0.1) is 0 Å². The van der Waals surface area contributed by atoms with Gasteiger partial charge in [-0.3, -0.25) is 9.59 Å². The Kier molecular flexibility index (Phi) is 7.67. The van der Waals surface area contributed by atoms with Gasteiger partial charge in [0.2, 0.25) is 0 Å². The SMILES string of the molecule is Cc1cccc(OCC(=O)NC[C@H](C)NC(=O)COc2cccc(C)c2)c1. The van der Waals surface area contributed by atoms with Crippen molar-refractivity contribution in [3.63, 3.8) is 0 Å². The summed E-state index contributed by atoms with van der Waals surface area (Å²) in [5.74, 6) is 0.821. The fourth-order valence-corrected chi connectivity index (χ4v) is 2.39. The van der Waals surface area contributed by atoms with Gasteiger partial charge in [-0.15, -0.1) is 0 Å². The highest BCUT2D eigenvalue weighted by Crippen LogP contribution is 2.12. The van der Waals surface area contributed by atoms with Crippen molar-refractivity contribution in [3.8, 4) is 11.5 Å². The second-order valence-electron chi connectivity index (χ2n) is 6.48. The molecule has 2 aromatic rings. The quantitative estimate of drug-likeness (QED) is 0.711. The average Bonchev–Trinajstić information content (AvgIpc) is 2.63. The predicted molar refractivity (Wildman–Crippen MR) is 104 cm³/mol. The monoisotopic (exact) mass is 370 g/mol. The first kappa shape index (κ1) is 20.3. The lowest BCUT2D eigenvalue weighted by molar-refractivity contribution is -0.125. The van der Waals surface area contributed by atoms with E-state index in [0.29, 0.717) is 18.0 Å². The normalized spacial score (nSPS) is 11.4. The van der Waals surface area contributed by atoms with Crippen molar-refractivity contribution < 1.29 is 19.1 Å².